The molecule has 0 saturated heterocycles. The summed E-state index contributed by atoms with van der Waals surface area (Å²) in [6.45, 7) is 4.25. The molecule has 0 aromatic carbocycles. The van der Waals surface area contributed by atoms with E-state index in [1.54, 1.807) is 6.26 Å². The minimum Gasteiger partial charge on any atom is -0.469 e. The second-order valence-electron chi connectivity index (χ2n) is 4.94. The van der Waals surface area contributed by atoms with E-state index in [1.807, 2.05) is 19.1 Å². The molecule has 0 fully saturated rings. The highest BCUT2D eigenvalue weighted by atomic mass is 127. The molecule has 0 bridgehead atoms. The molecular weight excluding hydrogens is 409 g/mol. The van der Waals surface area contributed by atoms with Crippen LogP contribution in [0.4, 0.5) is 0 Å². The molecule has 0 aliphatic carbocycles. The zero-order valence-corrected chi connectivity index (χ0v) is 16.3. The number of hydrogen-bond acceptors (Lipinski definition) is 4. The molecule has 1 aromatic rings. The van der Waals surface area contributed by atoms with Gasteiger partial charge < -0.3 is 19.8 Å². The van der Waals surface area contributed by atoms with E-state index in [1.165, 1.54) is 7.11 Å². The lowest BCUT2D eigenvalue weighted by Crippen LogP contribution is -2.37. The maximum absolute atomic E-state index is 11.0. The first-order chi connectivity index (χ1) is 10.8. The number of esters is 1. The molecule has 132 valence electrons. The number of carbonyl (C=O) groups is 1. The monoisotopic (exact) mass is 437 g/mol. The number of hydrogen-bond donors (Lipinski definition) is 2. The summed E-state index contributed by atoms with van der Waals surface area (Å²) in [7, 11) is 1.43. The molecule has 0 spiro atoms. The molecule has 0 amide bonds. The summed E-state index contributed by atoms with van der Waals surface area (Å²) in [5, 5.41) is 6.51. The second kappa shape index (κ2) is 14.3. The van der Waals surface area contributed by atoms with Crippen molar-refractivity contribution in [2.75, 3.05) is 20.2 Å². The van der Waals surface area contributed by atoms with Crippen molar-refractivity contribution in [2.24, 2.45) is 4.99 Å². The van der Waals surface area contributed by atoms with Gasteiger partial charge in [0.05, 0.1) is 13.4 Å². The fourth-order valence-electron chi connectivity index (χ4n) is 1.96. The van der Waals surface area contributed by atoms with Crippen molar-refractivity contribution in [3.63, 3.8) is 0 Å². The Balaban J connectivity index is 0.00000484. The molecule has 0 saturated carbocycles. The largest absolute Gasteiger partial charge is 0.469 e. The van der Waals surface area contributed by atoms with Gasteiger partial charge in [0.25, 0.3) is 0 Å². The molecule has 0 unspecified atom stereocenters. The molecule has 0 aliphatic rings. The summed E-state index contributed by atoms with van der Waals surface area (Å²) in [5.41, 5.74) is 0. The number of nitrogens with zero attached hydrogens (tertiary/aromatic N) is 1. The van der Waals surface area contributed by atoms with Crippen molar-refractivity contribution in [1.29, 1.82) is 0 Å². The number of nitrogens with one attached hydrogen (secondary N) is 2. The predicted molar refractivity (Wildman–Crippen MR) is 102 cm³/mol. The number of carbonyl (C=O) groups excluding carboxylic acids is 1. The van der Waals surface area contributed by atoms with E-state index in [2.05, 4.69) is 20.4 Å². The lowest BCUT2D eigenvalue weighted by molar-refractivity contribution is -0.140. The zero-order valence-electron chi connectivity index (χ0n) is 14.0. The van der Waals surface area contributed by atoms with E-state index in [9.17, 15) is 4.79 Å². The van der Waals surface area contributed by atoms with Gasteiger partial charge in [-0.25, -0.2) is 4.99 Å². The van der Waals surface area contributed by atoms with E-state index in [0.29, 0.717) is 13.0 Å². The minimum absolute atomic E-state index is 0. The quantitative estimate of drug-likeness (QED) is 0.194. The summed E-state index contributed by atoms with van der Waals surface area (Å²) >= 11 is 0. The van der Waals surface area contributed by atoms with Crippen LogP contribution in [0.15, 0.2) is 27.8 Å². The average molecular weight is 437 g/mol. The molecule has 2 N–H and O–H groups in total. The highest BCUT2D eigenvalue weighted by Crippen LogP contribution is 2.03. The van der Waals surface area contributed by atoms with Crippen molar-refractivity contribution in [2.45, 2.75) is 45.6 Å². The van der Waals surface area contributed by atoms with Crippen molar-refractivity contribution >= 4 is 35.9 Å². The lowest BCUT2D eigenvalue weighted by atomic mass is 10.1. The Morgan fingerprint density at radius 2 is 2.04 bits per heavy atom. The summed E-state index contributed by atoms with van der Waals surface area (Å²) in [6, 6.07) is 3.77. The number of methoxy groups -OCH3 is 1. The van der Waals surface area contributed by atoms with Crippen LogP contribution in [-0.2, 0) is 16.1 Å². The standard InChI is InChI=1S/C16H27N3O3.HI/c1-3-17-16(19-13-14-9-8-12-22-14)18-11-7-5-4-6-10-15(20)21-2;/h8-9,12H,3-7,10-11,13H2,1-2H3,(H2,17,18,19);1H. The number of furan rings is 1. The molecule has 0 aliphatic heterocycles. The van der Waals surface area contributed by atoms with E-state index in [0.717, 1.165) is 50.5 Å². The Labute approximate surface area is 155 Å². The number of rotatable bonds is 10. The maximum atomic E-state index is 11.0. The zero-order chi connectivity index (χ0) is 16.0. The lowest BCUT2D eigenvalue weighted by Gasteiger charge is -2.10. The van der Waals surface area contributed by atoms with Gasteiger partial charge in [-0.15, -0.1) is 24.0 Å². The fourth-order valence-corrected chi connectivity index (χ4v) is 1.96. The van der Waals surface area contributed by atoms with Crippen LogP contribution < -0.4 is 10.6 Å². The highest BCUT2D eigenvalue weighted by Gasteiger charge is 2.00. The Morgan fingerprint density at radius 3 is 2.70 bits per heavy atom. The molecule has 6 nitrogen and oxygen atoms in total. The number of unbranched alkanes of at least 4 members (excludes halogenated alkanes) is 3. The van der Waals surface area contributed by atoms with Gasteiger partial charge in [0.15, 0.2) is 5.96 Å². The summed E-state index contributed by atoms with van der Waals surface area (Å²) in [4.78, 5) is 15.4. The van der Waals surface area contributed by atoms with Gasteiger partial charge in [-0.3, -0.25) is 4.79 Å². The fraction of sp³-hybridized carbons (Fsp3) is 0.625. The van der Waals surface area contributed by atoms with E-state index < -0.39 is 0 Å². The first-order valence-corrected chi connectivity index (χ1v) is 7.87. The van der Waals surface area contributed by atoms with Crippen LogP contribution in [0.3, 0.4) is 0 Å². The second-order valence-corrected chi connectivity index (χ2v) is 4.94. The molecule has 7 heteroatoms. The molecule has 0 radical (unpaired) electrons. The van der Waals surface area contributed by atoms with E-state index >= 15 is 0 Å². The van der Waals surface area contributed by atoms with Crippen LogP contribution in [0.1, 0.15) is 44.8 Å². The third-order valence-electron chi connectivity index (χ3n) is 3.15. The Morgan fingerprint density at radius 1 is 1.26 bits per heavy atom. The Hall–Kier alpha value is -1.25. The maximum Gasteiger partial charge on any atom is 0.305 e. The van der Waals surface area contributed by atoms with Crippen molar-refractivity contribution in [3.05, 3.63) is 24.2 Å². The molecule has 1 heterocycles. The van der Waals surface area contributed by atoms with E-state index in [-0.39, 0.29) is 29.9 Å². The molecule has 23 heavy (non-hydrogen) atoms. The third-order valence-corrected chi connectivity index (χ3v) is 3.15. The Kier molecular flexibility index (Phi) is 13.6. The van der Waals surface area contributed by atoms with Crippen LogP contribution in [0.2, 0.25) is 0 Å². The average Bonchev–Trinajstić information content (AvgIpc) is 3.04. The molecule has 1 aromatic heterocycles. The number of guanidine groups is 1. The van der Waals surface area contributed by atoms with Crippen molar-refractivity contribution in [1.82, 2.24) is 10.6 Å². The van der Waals surface area contributed by atoms with E-state index in [4.69, 9.17) is 4.42 Å². The van der Waals surface area contributed by atoms with Gasteiger partial charge in [0, 0.05) is 19.5 Å². The summed E-state index contributed by atoms with van der Waals surface area (Å²) in [5.74, 6) is 1.52. The topological polar surface area (TPSA) is 75.9 Å². The first kappa shape index (κ1) is 21.8. The van der Waals surface area contributed by atoms with Gasteiger partial charge in [-0.2, -0.15) is 0 Å². The van der Waals surface area contributed by atoms with Crippen molar-refractivity contribution < 1.29 is 13.9 Å². The third kappa shape index (κ3) is 11.0. The van der Waals surface area contributed by atoms with Crippen LogP contribution in [0.25, 0.3) is 0 Å². The SMILES string of the molecule is CCNC(=NCc1ccco1)NCCCCCCC(=O)OC.I. The van der Waals surface area contributed by atoms with Gasteiger partial charge >= 0.3 is 5.97 Å². The van der Waals surface area contributed by atoms with Crippen LogP contribution in [0, 0.1) is 0 Å². The van der Waals surface area contributed by atoms with Crippen molar-refractivity contribution in [3.8, 4) is 0 Å². The summed E-state index contributed by atoms with van der Waals surface area (Å²) < 4.78 is 9.87. The van der Waals surface area contributed by atoms with Gasteiger partial charge in [-0.05, 0) is 31.9 Å². The van der Waals surface area contributed by atoms with Gasteiger partial charge in [0.1, 0.15) is 12.3 Å². The van der Waals surface area contributed by atoms with Crippen LogP contribution >= 0.6 is 24.0 Å². The number of aliphatic imine (C=N–C) groups is 1. The van der Waals surface area contributed by atoms with Gasteiger partial charge in [-0.1, -0.05) is 12.8 Å². The summed E-state index contributed by atoms with van der Waals surface area (Å²) in [6.07, 6.45) is 6.22. The highest BCUT2D eigenvalue weighted by molar-refractivity contribution is 14.0. The predicted octanol–water partition coefficient (Wildman–Crippen LogP) is 3.08. The first-order valence-electron chi connectivity index (χ1n) is 7.87. The number of ether oxygens (including phenoxy) is 1. The normalized spacial score (nSPS) is 10.8. The van der Waals surface area contributed by atoms with Crippen LogP contribution in [-0.4, -0.2) is 32.1 Å². The molecule has 1 rings (SSSR count). The van der Waals surface area contributed by atoms with Crippen LogP contribution in [0.5, 0.6) is 0 Å². The Bertz CT molecular complexity index is 436. The number of halogens is 1. The molecular formula is C16H28IN3O3. The molecule has 0 atom stereocenters. The minimum atomic E-state index is -0.127. The van der Waals surface area contributed by atoms with Gasteiger partial charge in [0.2, 0.25) is 0 Å². The smallest absolute Gasteiger partial charge is 0.305 e.